The summed E-state index contributed by atoms with van der Waals surface area (Å²) in [6, 6.07) is 13.9. The van der Waals surface area contributed by atoms with E-state index in [0.717, 1.165) is 11.3 Å². The largest absolute Gasteiger partial charge is 0.367 e. The number of hydrogen-bond acceptors (Lipinski definition) is 5. The van der Waals surface area contributed by atoms with Crippen LogP contribution in [0.1, 0.15) is 27.8 Å². The highest BCUT2D eigenvalue weighted by Gasteiger charge is 2.31. The van der Waals surface area contributed by atoms with Crippen LogP contribution >= 0.6 is 11.6 Å². The minimum Gasteiger partial charge on any atom is -0.367 e. The molecule has 2 aliphatic rings. The van der Waals surface area contributed by atoms with Gasteiger partial charge in [0.05, 0.1) is 29.6 Å². The predicted octanol–water partition coefficient (Wildman–Crippen LogP) is 3.30. The molecule has 0 spiro atoms. The Morgan fingerprint density at radius 2 is 1.81 bits per heavy atom. The Morgan fingerprint density at radius 3 is 2.55 bits per heavy atom. The van der Waals surface area contributed by atoms with Crippen molar-refractivity contribution in [2.45, 2.75) is 19.3 Å². The number of carbonyl (C=O) groups excluding carboxylic acids is 1. The number of fused-ring (bicyclic) bond motifs is 1. The summed E-state index contributed by atoms with van der Waals surface area (Å²) < 4.78 is 20.8. The second-order valence-corrected chi connectivity index (χ2v) is 8.06. The standard InChI is InChI=1S/C22H21ClFN5O2/c23-17-3-1-2-4-18(17)27-9-11-28(12-10-27)22(30)21-19-14-31-20(13-29(19)26-25-21)15-5-7-16(24)8-6-15/h1-8,20H,9-14H2. The smallest absolute Gasteiger partial charge is 0.276 e. The Balaban J connectivity index is 1.26. The number of anilines is 1. The fourth-order valence-electron chi connectivity index (χ4n) is 4.07. The summed E-state index contributed by atoms with van der Waals surface area (Å²) in [4.78, 5) is 17.1. The van der Waals surface area contributed by atoms with Crippen molar-refractivity contribution in [3.63, 3.8) is 0 Å². The van der Waals surface area contributed by atoms with Gasteiger partial charge in [0.1, 0.15) is 11.9 Å². The van der Waals surface area contributed by atoms with Crippen LogP contribution in [0.4, 0.5) is 10.1 Å². The van der Waals surface area contributed by atoms with Gasteiger partial charge in [-0.3, -0.25) is 4.79 Å². The van der Waals surface area contributed by atoms with Crippen LogP contribution in [0.15, 0.2) is 48.5 Å². The Hall–Kier alpha value is -2.97. The molecule has 1 atom stereocenters. The average Bonchev–Trinajstić information content (AvgIpc) is 3.23. The summed E-state index contributed by atoms with van der Waals surface area (Å²) in [6.45, 7) is 3.21. The molecule has 7 nitrogen and oxygen atoms in total. The van der Waals surface area contributed by atoms with E-state index in [-0.39, 0.29) is 24.4 Å². The first kappa shape index (κ1) is 20.0. The molecule has 31 heavy (non-hydrogen) atoms. The molecule has 0 N–H and O–H groups in total. The number of benzene rings is 2. The van der Waals surface area contributed by atoms with Crippen molar-refractivity contribution in [3.05, 3.63) is 76.3 Å². The van der Waals surface area contributed by atoms with Crippen LogP contribution in [0, 0.1) is 5.82 Å². The zero-order chi connectivity index (χ0) is 21.4. The highest BCUT2D eigenvalue weighted by atomic mass is 35.5. The second kappa shape index (κ2) is 8.28. The first-order valence-corrected chi connectivity index (χ1v) is 10.6. The Labute approximate surface area is 184 Å². The van der Waals surface area contributed by atoms with Gasteiger partial charge in [0.25, 0.3) is 5.91 Å². The molecule has 1 unspecified atom stereocenters. The molecule has 2 aliphatic heterocycles. The molecule has 3 aromatic rings. The molecular formula is C22H21ClFN5O2. The number of piperazine rings is 1. The lowest BCUT2D eigenvalue weighted by atomic mass is 10.1. The van der Waals surface area contributed by atoms with Crippen LogP contribution in [-0.2, 0) is 17.9 Å². The van der Waals surface area contributed by atoms with Crippen molar-refractivity contribution in [3.8, 4) is 0 Å². The van der Waals surface area contributed by atoms with Gasteiger partial charge in [-0.2, -0.15) is 0 Å². The van der Waals surface area contributed by atoms with E-state index in [0.29, 0.717) is 49.1 Å². The summed E-state index contributed by atoms with van der Waals surface area (Å²) >= 11 is 6.31. The fourth-order valence-corrected chi connectivity index (χ4v) is 4.32. The van der Waals surface area contributed by atoms with Gasteiger partial charge in [-0.05, 0) is 29.8 Å². The summed E-state index contributed by atoms with van der Waals surface area (Å²) in [5, 5.41) is 9.04. The molecule has 5 rings (SSSR count). The van der Waals surface area contributed by atoms with Gasteiger partial charge in [-0.25, -0.2) is 9.07 Å². The molecule has 0 bridgehead atoms. The first-order chi connectivity index (χ1) is 15.1. The van der Waals surface area contributed by atoms with Crippen LogP contribution in [0.3, 0.4) is 0 Å². The van der Waals surface area contributed by atoms with Gasteiger partial charge in [-0.15, -0.1) is 5.10 Å². The predicted molar refractivity (Wildman–Crippen MR) is 114 cm³/mol. The first-order valence-electron chi connectivity index (χ1n) is 10.2. The van der Waals surface area contributed by atoms with Crippen molar-refractivity contribution in [1.82, 2.24) is 19.9 Å². The molecule has 0 aliphatic carbocycles. The number of rotatable bonds is 3. The molecule has 1 amide bonds. The van der Waals surface area contributed by atoms with Gasteiger partial charge in [-0.1, -0.05) is 41.1 Å². The van der Waals surface area contributed by atoms with Crippen LogP contribution in [0.5, 0.6) is 0 Å². The average molecular weight is 442 g/mol. The molecule has 0 saturated carbocycles. The zero-order valence-electron chi connectivity index (χ0n) is 16.7. The van der Waals surface area contributed by atoms with E-state index < -0.39 is 0 Å². The number of para-hydroxylation sites is 1. The van der Waals surface area contributed by atoms with Gasteiger partial charge in [0.15, 0.2) is 5.69 Å². The molecule has 160 valence electrons. The third kappa shape index (κ3) is 3.88. The van der Waals surface area contributed by atoms with Crippen LogP contribution in [0.2, 0.25) is 5.02 Å². The maximum absolute atomic E-state index is 13.2. The molecule has 0 radical (unpaired) electrons. The third-order valence-electron chi connectivity index (χ3n) is 5.80. The Kier molecular flexibility index (Phi) is 5.33. The lowest BCUT2D eigenvalue weighted by Gasteiger charge is -2.36. The minimum atomic E-state index is -0.288. The van der Waals surface area contributed by atoms with E-state index in [4.69, 9.17) is 16.3 Å². The summed E-state index contributed by atoms with van der Waals surface area (Å²) in [5.41, 5.74) is 2.87. The normalized spacial score (nSPS) is 18.7. The Morgan fingerprint density at radius 1 is 1.06 bits per heavy atom. The Bertz CT molecular complexity index is 1100. The van der Waals surface area contributed by atoms with Gasteiger partial charge in [0.2, 0.25) is 0 Å². The number of carbonyl (C=O) groups is 1. The summed E-state index contributed by atoms with van der Waals surface area (Å²) in [7, 11) is 0. The van der Waals surface area contributed by atoms with Crippen molar-refractivity contribution in [2.75, 3.05) is 31.1 Å². The van der Waals surface area contributed by atoms with Gasteiger partial charge in [0, 0.05) is 26.2 Å². The van der Waals surface area contributed by atoms with Crippen molar-refractivity contribution in [2.24, 2.45) is 0 Å². The van der Waals surface area contributed by atoms with Gasteiger partial charge < -0.3 is 14.5 Å². The molecule has 9 heteroatoms. The highest BCUT2D eigenvalue weighted by molar-refractivity contribution is 6.33. The molecule has 3 heterocycles. The summed E-state index contributed by atoms with van der Waals surface area (Å²) in [5.74, 6) is -0.424. The molecule has 2 aromatic carbocycles. The van der Waals surface area contributed by atoms with E-state index in [1.165, 1.54) is 12.1 Å². The second-order valence-electron chi connectivity index (χ2n) is 7.65. The molecule has 1 saturated heterocycles. The lowest BCUT2D eigenvalue weighted by Crippen LogP contribution is -2.49. The fraction of sp³-hybridized carbons (Fsp3) is 0.318. The number of nitrogens with zero attached hydrogens (tertiary/aromatic N) is 5. The molecular weight excluding hydrogens is 421 g/mol. The number of aromatic nitrogens is 3. The van der Waals surface area contributed by atoms with Crippen molar-refractivity contribution in [1.29, 1.82) is 0 Å². The molecule has 1 aromatic heterocycles. The monoisotopic (exact) mass is 441 g/mol. The number of ether oxygens (including phenoxy) is 1. The third-order valence-corrected chi connectivity index (χ3v) is 6.12. The zero-order valence-corrected chi connectivity index (χ0v) is 17.5. The number of hydrogen-bond donors (Lipinski definition) is 0. The maximum atomic E-state index is 13.2. The number of amides is 1. The van der Waals surface area contributed by atoms with Crippen molar-refractivity contribution >= 4 is 23.2 Å². The van der Waals surface area contributed by atoms with E-state index in [9.17, 15) is 9.18 Å². The lowest BCUT2D eigenvalue weighted by molar-refractivity contribution is -0.00199. The van der Waals surface area contributed by atoms with E-state index in [2.05, 4.69) is 15.2 Å². The van der Waals surface area contributed by atoms with Crippen LogP contribution in [0.25, 0.3) is 0 Å². The van der Waals surface area contributed by atoms with Gasteiger partial charge >= 0.3 is 0 Å². The molecule has 1 fully saturated rings. The van der Waals surface area contributed by atoms with E-state index >= 15 is 0 Å². The minimum absolute atomic E-state index is 0.135. The van der Waals surface area contributed by atoms with Crippen molar-refractivity contribution < 1.29 is 13.9 Å². The SMILES string of the molecule is O=C(c1nnn2c1COC(c1ccc(F)cc1)C2)N1CCN(c2ccccc2Cl)CC1. The summed E-state index contributed by atoms with van der Waals surface area (Å²) in [6.07, 6.45) is -0.253. The van der Waals surface area contributed by atoms with E-state index in [1.807, 2.05) is 24.3 Å². The maximum Gasteiger partial charge on any atom is 0.276 e. The highest BCUT2D eigenvalue weighted by Crippen LogP contribution is 2.29. The van der Waals surface area contributed by atoms with Crippen LogP contribution in [-0.4, -0.2) is 52.0 Å². The topological polar surface area (TPSA) is 63.5 Å². The quantitative estimate of drug-likeness (QED) is 0.624. The van der Waals surface area contributed by atoms with E-state index in [1.54, 1.807) is 21.7 Å². The van der Waals surface area contributed by atoms with Crippen LogP contribution < -0.4 is 4.90 Å². The number of halogens is 2.